The zero-order valence-electron chi connectivity index (χ0n) is 13.8. The Hall–Kier alpha value is -2.68. The van der Waals surface area contributed by atoms with Gasteiger partial charge in [-0.15, -0.1) is 11.3 Å². The number of hydrazone groups is 1. The monoisotopic (exact) mass is 419 g/mol. The van der Waals surface area contributed by atoms with Crippen LogP contribution in [0.2, 0.25) is 5.02 Å². The molecule has 0 atom stereocenters. The molecule has 0 unspecified atom stereocenters. The number of amides is 1. The SMILES string of the molecule is O=C(NN=Cc1ccccc1Cl)c1ccccc1NS(=O)(=O)c1cccs1. The minimum absolute atomic E-state index is 0.147. The summed E-state index contributed by atoms with van der Waals surface area (Å²) in [7, 11) is -3.76. The molecule has 1 heterocycles. The Morgan fingerprint density at radius 1 is 1.04 bits per heavy atom. The molecule has 3 rings (SSSR count). The molecule has 0 fully saturated rings. The highest BCUT2D eigenvalue weighted by Crippen LogP contribution is 2.22. The molecule has 2 aromatic carbocycles. The number of anilines is 1. The second kappa shape index (κ2) is 8.34. The minimum Gasteiger partial charge on any atom is -0.278 e. The lowest BCUT2D eigenvalue weighted by atomic mass is 10.2. The highest BCUT2D eigenvalue weighted by molar-refractivity contribution is 7.94. The van der Waals surface area contributed by atoms with Gasteiger partial charge in [-0.25, -0.2) is 13.8 Å². The third-order valence-corrected chi connectivity index (χ3v) is 6.56. The Kier molecular flexibility index (Phi) is 5.90. The summed E-state index contributed by atoms with van der Waals surface area (Å²) < 4.78 is 27.4. The number of benzene rings is 2. The van der Waals surface area contributed by atoms with Gasteiger partial charge in [-0.3, -0.25) is 9.52 Å². The maximum Gasteiger partial charge on any atom is 0.273 e. The molecule has 0 spiro atoms. The average Bonchev–Trinajstić information content (AvgIpc) is 3.19. The first-order valence-corrected chi connectivity index (χ1v) is 10.4. The number of nitrogens with one attached hydrogen (secondary N) is 2. The number of halogens is 1. The largest absolute Gasteiger partial charge is 0.278 e. The average molecular weight is 420 g/mol. The lowest BCUT2D eigenvalue weighted by Crippen LogP contribution is -2.21. The third kappa shape index (κ3) is 4.73. The second-order valence-electron chi connectivity index (χ2n) is 5.30. The zero-order chi connectivity index (χ0) is 19.3. The van der Waals surface area contributed by atoms with Crippen LogP contribution in [0.5, 0.6) is 0 Å². The van der Waals surface area contributed by atoms with E-state index in [1.165, 1.54) is 24.4 Å². The summed E-state index contributed by atoms with van der Waals surface area (Å²) in [6.07, 6.45) is 1.42. The van der Waals surface area contributed by atoms with Crippen LogP contribution in [0, 0.1) is 0 Å². The van der Waals surface area contributed by atoms with Gasteiger partial charge in [-0.1, -0.05) is 48.0 Å². The lowest BCUT2D eigenvalue weighted by Gasteiger charge is -2.10. The molecule has 0 radical (unpaired) electrons. The van der Waals surface area contributed by atoms with Crippen molar-refractivity contribution in [2.75, 3.05) is 4.72 Å². The lowest BCUT2D eigenvalue weighted by molar-refractivity contribution is 0.0956. The summed E-state index contributed by atoms with van der Waals surface area (Å²) in [4.78, 5) is 12.4. The van der Waals surface area contributed by atoms with E-state index in [0.717, 1.165) is 11.3 Å². The Morgan fingerprint density at radius 2 is 1.78 bits per heavy atom. The molecule has 138 valence electrons. The van der Waals surface area contributed by atoms with Gasteiger partial charge in [0.05, 0.1) is 17.5 Å². The standard InChI is InChI=1S/C18H14ClN3O3S2/c19-15-8-3-1-6-13(15)12-20-21-18(23)14-7-2-4-9-16(14)22-27(24,25)17-10-5-11-26-17/h1-12,22H,(H,21,23). The molecule has 0 bridgehead atoms. The van der Waals surface area contributed by atoms with Crippen molar-refractivity contribution in [1.29, 1.82) is 0 Å². The predicted octanol–water partition coefficient (Wildman–Crippen LogP) is 3.97. The highest BCUT2D eigenvalue weighted by atomic mass is 35.5. The van der Waals surface area contributed by atoms with Gasteiger partial charge in [-0.2, -0.15) is 5.10 Å². The Labute approximate surface area is 165 Å². The van der Waals surface area contributed by atoms with Gasteiger partial charge in [0.2, 0.25) is 0 Å². The van der Waals surface area contributed by atoms with Crippen LogP contribution in [-0.2, 0) is 10.0 Å². The van der Waals surface area contributed by atoms with E-state index in [-0.39, 0.29) is 15.5 Å². The summed E-state index contributed by atoms with van der Waals surface area (Å²) in [6, 6.07) is 16.5. The molecule has 1 amide bonds. The zero-order valence-corrected chi connectivity index (χ0v) is 16.2. The first-order valence-electron chi connectivity index (χ1n) is 7.71. The molecular formula is C18H14ClN3O3S2. The maximum atomic E-state index is 12.4. The Morgan fingerprint density at radius 3 is 2.52 bits per heavy atom. The smallest absolute Gasteiger partial charge is 0.273 e. The van der Waals surface area contributed by atoms with Crippen LogP contribution >= 0.6 is 22.9 Å². The van der Waals surface area contributed by atoms with E-state index in [9.17, 15) is 13.2 Å². The Balaban J connectivity index is 1.77. The van der Waals surface area contributed by atoms with Gasteiger partial charge >= 0.3 is 0 Å². The summed E-state index contributed by atoms with van der Waals surface area (Å²) in [5.74, 6) is -0.553. The number of hydrogen-bond donors (Lipinski definition) is 2. The third-order valence-electron chi connectivity index (χ3n) is 3.45. The molecule has 0 saturated carbocycles. The van der Waals surface area contributed by atoms with E-state index >= 15 is 0 Å². The molecule has 9 heteroatoms. The van der Waals surface area contributed by atoms with Gasteiger partial charge in [0.1, 0.15) is 4.21 Å². The summed E-state index contributed by atoms with van der Waals surface area (Å²) in [5.41, 5.74) is 3.33. The number of sulfonamides is 1. The quantitative estimate of drug-likeness (QED) is 0.468. The van der Waals surface area contributed by atoms with Crippen molar-refractivity contribution < 1.29 is 13.2 Å². The Bertz CT molecular complexity index is 1080. The number of carbonyl (C=O) groups excluding carboxylic acids is 1. The molecule has 3 aromatic rings. The van der Waals surface area contributed by atoms with E-state index in [4.69, 9.17) is 11.6 Å². The fourth-order valence-corrected chi connectivity index (χ4v) is 4.44. The molecule has 27 heavy (non-hydrogen) atoms. The summed E-state index contributed by atoms with van der Waals surface area (Å²) in [5, 5.41) is 6.05. The minimum atomic E-state index is -3.76. The van der Waals surface area contributed by atoms with Gasteiger partial charge < -0.3 is 0 Å². The van der Waals surface area contributed by atoms with Crippen molar-refractivity contribution in [3.63, 3.8) is 0 Å². The van der Waals surface area contributed by atoms with E-state index in [1.54, 1.807) is 47.8 Å². The van der Waals surface area contributed by atoms with Crippen LogP contribution in [0.3, 0.4) is 0 Å². The highest BCUT2D eigenvalue weighted by Gasteiger charge is 2.19. The van der Waals surface area contributed by atoms with Crippen molar-refractivity contribution in [3.8, 4) is 0 Å². The topological polar surface area (TPSA) is 87.6 Å². The molecule has 0 aliphatic heterocycles. The molecule has 2 N–H and O–H groups in total. The second-order valence-corrected chi connectivity index (χ2v) is 8.57. The van der Waals surface area contributed by atoms with Crippen molar-refractivity contribution in [3.05, 3.63) is 82.2 Å². The first-order chi connectivity index (χ1) is 13.0. The number of carbonyl (C=O) groups is 1. The van der Waals surface area contributed by atoms with E-state index in [2.05, 4.69) is 15.2 Å². The summed E-state index contributed by atoms with van der Waals surface area (Å²) in [6.45, 7) is 0. The van der Waals surface area contributed by atoms with Crippen molar-refractivity contribution >= 4 is 50.8 Å². The van der Waals surface area contributed by atoms with Gasteiger partial charge in [-0.05, 0) is 29.6 Å². The predicted molar refractivity (Wildman–Crippen MR) is 108 cm³/mol. The van der Waals surface area contributed by atoms with Gasteiger partial charge in [0.25, 0.3) is 15.9 Å². The van der Waals surface area contributed by atoms with Crippen LogP contribution in [0.15, 0.2) is 75.4 Å². The van der Waals surface area contributed by atoms with E-state index < -0.39 is 15.9 Å². The summed E-state index contributed by atoms with van der Waals surface area (Å²) >= 11 is 7.11. The van der Waals surface area contributed by atoms with Crippen LogP contribution < -0.4 is 10.1 Å². The number of hydrogen-bond acceptors (Lipinski definition) is 5. The van der Waals surface area contributed by atoms with Gasteiger partial charge in [0.15, 0.2) is 0 Å². The molecule has 0 aliphatic rings. The van der Waals surface area contributed by atoms with Crippen LogP contribution in [-0.4, -0.2) is 20.5 Å². The van der Waals surface area contributed by atoms with Crippen molar-refractivity contribution in [2.45, 2.75) is 4.21 Å². The maximum absolute atomic E-state index is 12.4. The molecule has 0 saturated heterocycles. The molecule has 6 nitrogen and oxygen atoms in total. The number of para-hydroxylation sites is 1. The van der Waals surface area contributed by atoms with E-state index in [1.807, 2.05) is 0 Å². The number of thiophene rings is 1. The number of nitrogens with zero attached hydrogens (tertiary/aromatic N) is 1. The fraction of sp³-hybridized carbons (Fsp3) is 0. The normalized spacial score (nSPS) is 11.4. The van der Waals surface area contributed by atoms with Crippen LogP contribution in [0.1, 0.15) is 15.9 Å². The van der Waals surface area contributed by atoms with Crippen LogP contribution in [0.25, 0.3) is 0 Å². The van der Waals surface area contributed by atoms with Crippen LogP contribution in [0.4, 0.5) is 5.69 Å². The fourth-order valence-electron chi connectivity index (χ4n) is 2.18. The van der Waals surface area contributed by atoms with Crippen molar-refractivity contribution in [1.82, 2.24) is 5.43 Å². The molecule has 1 aromatic heterocycles. The van der Waals surface area contributed by atoms with E-state index in [0.29, 0.717) is 10.6 Å². The van der Waals surface area contributed by atoms with Crippen molar-refractivity contribution in [2.24, 2.45) is 5.10 Å². The first kappa shape index (κ1) is 19.1. The molecule has 0 aliphatic carbocycles. The molecular weight excluding hydrogens is 406 g/mol. The number of rotatable bonds is 6. The van der Waals surface area contributed by atoms with Gasteiger partial charge in [0, 0.05) is 10.6 Å².